The molecule has 0 fully saturated rings. The van der Waals surface area contributed by atoms with Crippen molar-refractivity contribution in [3.8, 4) is 0 Å². The molecule has 0 aliphatic rings. The first-order valence-corrected chi connectivity index (χ1v) is 9.74. The second-order valence-corrected chi connectivity index (χ2v) is 4.72. The fourth-order valence-electron chi connectivity index (χ4n) is 0.770. The molecule has 0 heteroatoms. The lowest BCUT2D eigenvalue weighted by Crippen LogP contribution is -1.47. The lowest BCUT2D eigenvalue weighted by Gasteiger charge is -1.69. The highest BCUT2D eigenvalue weighted by Crippen LogP contribution is 1.80. The summed E-state index contributed by atoms with van der Waals surface area (Å²) < 4.78 is 0. The zero-order chi connectivity index (χ0) is 19.3. The monoisotopic (exact) mass is 332 g/mol. The Morgan fingerprint density at radius 2 is 0.417 bits per heavy atom. The Kier molecular flexibility index (Phi) is 54.3. The topological polar surface area (TPSA) is 0 Å². The molecule has 0 radical (unpaired) electrons. The second-order valence-electron chi connectivity index (χ2n) is 4.72. The van der Waals surface area contributed by atoms with Gasteiger partial charge < -0.3 is 0 Å². The molecule has 0 spiro atoms. The van der Waals surface area contributed by atoms with Gasteiger partial charge in [0.1, 0.15) is 0 Å². The van der Waals surface area contributed by atoms with Crippen LogP contribution in [-0.2, 0) is 0 Å². The van der Waals surface area contributed by atoms with Gasteiger partial charge in [-0.3, -0.25) is 0 Å². The summed E-state index contributed by atoms with van der Waals surface area (Å²) in [6, 6.07) is 24.0. The maximum atomic E-state index is 2.18. The van der Waals surface area contributed by atoms with E-state index in [-0.39, 0.29) is 0 Å². The van der Waals surface area contributed by atoms with Crippen molar-refractivity contribution in [1.82, 2.24) is 0 Å². The third kappa shape index (κ3) is 59.0. The molecular weight excluding hydrogens is 288 g/mol. The van der Waals surface area contributed by atoms with Crippen molar-refractivity contribution in [3.05, 3.63) is 72.8 Å². The van der Waals surface area contributed by atoms with Gasteiger partial charge in [-0.15, -0.1) is 0 Å². The summed E-state index contributed by atoms with van der Waals surface area (Å²) in [6.45, 7) is 16.9. The predicted octanol–water partition coefficient (Wildman–Crippen LogP) is 9.04. The lowest BCUT2D eigenvalue weighted by molar-refractivity contribution is 0.886. The van der Waals surface area contributed by atoms with Crippen LogP contribution in [0.25, 0.3) is 0 Å². The molecule has 0 aliphatic heterocycles. The highest BCUT2D eigenvalue weighted by Gasteiger charge is 1.58. The van der Waals surface area contributed by atoms with Gasteiger partial charge in [0.25, 0.3) is 0 Å². The van der Waals surface area contributed by atoms with Crippen molar-refractivity contribution >= 4 is 0 Å². The van der Waals surface area contributed by atoms with Crippen LogP contribution in [0.4, 0.5) is 0 Å². The Labute approximate surface area is 154 Å². The summed E-state index contributed by atoms with van der Waals surface area (Å²) in [5.74, 6) is 0. The molecule has 140 valence electrons. The van der Waals surface area contributed by atoms with E-state index in [0.717, 1.165) is 0 Å². The largest absolute Gasteiger partial charge is 0.0683 e. The average molecular weight is 333 g/mol. The average Bonchev–Trinajstić information content (AvgIpc) is 2.68. The van der Waals surface area contributed by atoms with Crippen molar-refractivity contribution in [1.29, 1.82) is 0 Å². The molecule has 2 rings (SSSR count). The summed E-state index contributed by atoms with van der Waals surface area (Å²) in [5.41, 5.74) is 0. The summed E-state index contributed by atoms with van der Waals surface area (Å²) >= 11 is 0. The smallest absolute Gasteiger partial charge is 0.0564 e. The molecular formula is C24H44. The fraction of sp³-hybridized carbons (Fsp3) is 0.500. The summed E-state index contributed by atoms with van der Waals surface area (Å²) in [7, 11) is 0. The Bertz CT molecular complexity index is 223. The molecule has 0 aliphatic carbocycles. The standard InChI is InChI=1S/2C6H6.C4H10.2C3H8.C2H6/c2*1-2-4-6-5-3-1;1-3-4-2;2*1-3-2;1-2/h2*1-6H;3-4H2,1-2H3;2*3H2,1-2H3;1-2H3. The van der Waals surface area contributed by atoms with Crippen molar-refractivity contribution in [2.75, 3.05) is 0 Å². The van der Waals surface area contributed by atoms with Gasteiger partial charge in [-0.25, -0.2) is 0 Å². The molecule has 0 atom stereocenters. The van der Waals surface area contributed by atoms with Crippen LogP contribution in [0.2, 0.25) is 0 Å². The molecule has 0 saturated carbocycles. The predicted molar refractivity (Wildman–Crippen MR) is 117 cm³/mol. The van der Waals surface area contributed by atoms with E-state index in [0.29, 0.717) is 0 Å². The van der Waals surface area contributed by atoms with Gasteiger partial charge in [-0.1, -0.05) is 154 Å². The van der Waals surface area contributed by atoms with Crippen molar-refractivity contribution < 1.29 is 0 Å². The lowest BCUT2D eigenvalue weighted by atomic mass is 10.4. The van der Waals surface area contributed by atoms with Crippen molar-refractivity contribution in [3.63, 3.8) is 0 Å². The third-order valence-corrected chi connectivity index (χ3v) is 1.83. The van der Waals surface area contributed by atoms with E-state index in [1.54, 1.807) is 0 Å². The maximum Gasteiger partial charge on any atom is -0.0564 e. The summed E-state index contributed by atoms with van der Waals surface area (Å²) in [6.07, 6.45) is 5.14. The quantitative estimate of drug-likeness (QED) is 0.488. The minimum atomic E-state index is 1.25. The van der Waals surface area contributed by atoms with Crippen LogP contribution in [0.1, 0.15) is 81.1 Å². The van der Waals surface area contributed by atoms with Crippen LogP contribution in [0, 0.1) is 0 Å². The van der Waals surface area contributed by atoms with Crippen LogP contribution in [0.3, 0.4) is 0 Å². The van der Waals surface area contributed by atoms with Crippen LogP contribution in [0.5, 0.6) is 0 Å². The Morgan fingerprint density at radius 1 is 0.333 bits per heavy atom. The van der Waals surface area contributed by atoms with Gasteiger partial charge in [-0.05, 0) is 0 Å². The molecule has 2 aromatic carbocycles. The van der Waals surface area contributed by atoms with Gasteiger partial charge >= 0.3 is 0 Å². The molecule has 0 heterocycles. The second kappa shape index (κ2) is 43.0. The van der Waals surface area contributed by atoms with Gasteiger partial charge in [0.05, 0.1) is 0 Å². The molecule has 0 nitrogen and oxygen atoms in total. The fourth-order valence-corrected chi connectivity index (χ4v) is 0.770. The van der Waals surface area contributed by atoms with Gasteiger partial charge in [0.2, 0.25) is 0 Å². The van der Waals surface area contributed by atoms with Gasteiger partial charge in [-0.2, -0.15) is 0 Å². The molecule has 24 heavy (non-hydrogen) atoms. The number of hydrogen-bond acceptors (Lipinski definition) is 0. The first-order chi connectivity index (χ1) is 11.7. The highest BCUT2D eigenvalue weighted by molar-refractivity contribution is 4.99. The summed E-state index contributed by atoms with van der Waals surface area (Å²) in [5, 5.41) is 0. The van der Waals surface area contributed by atoms with Crippen LogP contribution in [-0.4, -0.2) is 0 Å². The molecule has 0 N–H and O–H groups in total. The molecule has 0 unspecified atom stereocenters. The number of hydrogen-bond donors (Lipinski definition) is 0. The molecule has 2 aromatic rings. The third-order valence-electron chi connectivity index (χ3n) is 1.83. The van der Waals surface area contributed by atoms with E-state index >= 15 is 0 Å². The van der Waals surface area contributed by atoms with E-state index in [1.807, 2.05) is 86.6 Å². The van der Waals surface area contributed by atoms with E-state index in [2.05, 4.69) is 41.5 Å². The molecule has 0 aromatic heterocycles. The van der Waals surface area contributed by atoms with Crippen molar-refractivity contribution in [2.45, 2.75) is 81.1 Å². The Balaban J connectivity index is -0.000000105. The number of benzene rings is 2. The molecule has 0 saturated heterocycles. The van der Waals surface area contributed by atoms with Gasteiger partial charge in [0.15, 0.2) is 0 Å². The minimum absolute atomic E-state index is 1.25. The van der Waals surface area contributed by atoms with E-state index in [4.69, 9.17) is 0 Å². The normalized spacial score (nSPS) is 7.00. The maximum absolute atomic E-state index is 2.18. The number of unbranched alkanes of at least 4 members (excludes halogenated alkanes) is 1. The highest BCUT2D eigenvalue weighted by atomic mass is 13.7. The molecule has 0 bridgehead atoms. The first kappa shape index (κ1) is 30.3. The zero-order valence-electron chi connectivity index (χ0n) is 17.8. The zero-order valence-corrected chi connectivity index (χ0v) is 17.8. The Morgan fingerprint density at radius 3 is 0.458 bits per heavy atom. The van der Waals surface area contributed by atoms with E-state index in [1.165, 1.54) is 25.7 Å². The van der Waals surface area contributed by atoms with E-state index < -0.39 is 0 Å². The molecule has 0 amide bonds. The first-order valence-electron chi connectivity index (χ1n) is 9.74. The van der Waals surface area contributed by atoms with Crippen molar-refractivity contribution in [2.24, 2.45) is 0 Å². The Hall–Kier alpha value is -1.56. The van der Waals surface area contributed by atoms with Crippen LogP contribution < -0.4 is 0 Å². The SMILES string of the molecule is CC.CCC.CCC.CCCC.c1ccccc1.c1ccccc1. The number of rotatable bonds is 1. The van der Waals surface area contributed by atoms with E-state index in [9.17, 15) is 0 Å². The van der Waals surface area contributed by atoms with Gasteiger partial charge in [0, 0.05) is 0 Å². The van der Waals surface area contributed by atoms with Crippen LogP contribution >= 0.6 is 0 Å². The summed E-state index contributed by atoms with van der Waals surface area (Å²) in [4.78, 5) is 0. The minimum Gasteiger partial charge on any atom is -0.0683 e. The van der Waals surface area contributed by atoms with Crippen LogP contribution in [0.15, 0.2) is 72.8 Å².